The van der Waals surface area contributed by atoms with Crippen molar-refractivity contribution >= 4 is 11.9 Å². The highest BCUT2D eigenvalue weighted by atomic mass is 16.4. The first-order valence-electron chi connectivity index (χ1n) is 6.22. The highest BCUT2D eigenvalue weighted by Gasteiger charge is 2.47. The second-order valence-electron chi connectivity index (χ2n) is 4.78. The summed E-state index contributed by atoms with van der Waals surface area (Å²) in [6.45, 7) is 0. The lowest BCUT2D eigenvalue weighted by molar-refractivity contribution is -0.140. The summed E-state index contributed by atoms with van der Waals surface area (Å²) in [5.74, 6) is -3.10. The van der Waals surface area contributed by atoms with Crippen LogP contribution in [0.15, 0.2) is 47.9 Å². The van der Waals surface area contributed by atoms with Gasteiger partial charge in [0.2, 0.25) is 5.60 Å². The molecule has 0 aliphatic heterocycles. The summed E-state index contributed by atoms with van der Waals surface area (Å²) in [7, 11) is 0. The average molecular weight is 306 g/mol. The summed E-state index contributed by atoms with van der Waals surface area (Å²) < 4.78 is 0. The summed E-state index contributed by atoms with van der Waals surface area (Å²) in [5, 5.41) is 57.2. The molecule has 2 atom stereocenters. The molecule has 2 rings (SSSR count). The van der Waals surface area contributed by atoms with Gasteiger partial charge in [-0.15, -0.1) is 0 Å². The van der Waals surface area contributed by atoms with Crippen LogP contribution < -0.4 is 0 Å². The fourth-order valence-electron chi connectivity index (χ4n) is 1.95. The van der Waals surface area contributed by atoms with Crippen LogP contribution in [-0.2, 0) is 4.79 Å². The number of allylic oxidation sites excluding steroid dienone is 1. The molecule has 0 amide bonds. The Hall–Kier alpha value is -2.77. The Kier molecular flexibility index (Phi) is 3.94. The third-order valence-corrected chi connectivity index (χ3v) is 3.23. The van der Waals surface area contributed by atoms with Crippen molar-refractivity contribution in [3.05, 3.63) is 53.5 Å². The summed E-state index contributed by atoms with van der Waals surface area (Å²) in [5.41, 5.74) is -2.25. The van der Waals surface area contributed by atoms with Gasteiger partial charge in [-0.05, 0) is 29.8 Å². The zero-order chi connectivity index (χ0) is 16.5. The number of aliphatic hydroxyl groups excluding tert-OH is 3. The molecular weight excluding hydrogens is 292 g/mol. The lowest BCUT2D eigenvalue weighted by Crippen LogP contribution is -2.51. The van der Waals surface area contributed by atoms with Crippen LogP contribution in [0.4, 0.5) is 0 Å². The van der Waals surface area contributed by atoms with Crippen LogP contribution in [0, 0.1) is 0 Å². The first kappa shape index (κ1) is 15.6. The topological polar surface area (TPSA) is 138 Å². The second-order valence-corrected chi connectivity index (χ2v) is 4.78. The van der Waals surface area contributed by atoms with Crippen molar-refractivity contribution in [1.82, 2.24) is 0 Å². The molecule has 7 nitrogen and oxygen atoms in total. The molecule has 0 saturated carbocycles. The predicted molar refractivity (Wildman–Crippen MR) is 76.2 cm³/mol. The summed E-state index contributed by atoms with van der Waals surface area (Å²) >= 11 is 0. The van der Waals surface area contributed by atoms with Crippen molar-refractivity contribution in [2.75, 3.05) is 0 Å². The molecule has 1 aliphatic rings. The molecule has 0 fully saturated rings. The molecule has 2 unspecified atom stereocenters. The third kappa shape index (κ3) is 2.67. The lowest BCUT2D eigenvalue weighted by Gasteiger charge is -2.30. The minimum absolute atomic E-state index is 0.328. The normalized spacial score (nSPS) is 24.9. The van der Waals surface area contributed by atoms with Crippen molar-refractivity contribution in [2.24, 2.45) is 0 Å². The minimum Gasteiger partial charge on any atom is -0.508 e. The number of ketones is 1. The van der Waals surface area contributed by atoms with Gasteiger partial charge in [0, 0.05) is 6.08 Å². The number of aromatic hydroxyl groups is 2. The molecule has 7 heteroatoms. The molecule has 1 aliphatic carbocycles. The number of hydrogen-bond acceptors (Lipinski definition) is 7. The van der Waals surface area contributed by atoms with Crippen LogP contribution in [0.2, 0.25) is 0 Å². The van der Waals surface area contributed by atoms with E-state index in [0.717, 1.165) is 18.2 Å². The van der Waals surface area contributed by atoms with Gasteiger partial charge < -0.3 is 30.6 Å². The van der Waals surface area contributed by atoms with Crippen molar-refractivity contribution in [1.29, 1.82) is 0 Å². The number of benzene rings is 1. The Bertz CT molecular complexity index is 702. The molecule has 6 N–H and O–H groups in total. The minimum atomic E-state index is -2.60. The van der Waals surface area contributed by atoms with E-state index in [4.69, 9.17) is 0 Å². The van der Waals surface area contributed by atoms with Gasteiger partial charge in [0.25, 0.3) is 0 Å². The van der Waals surface area contributed by atoms with Gasteiger partial charge in [0.05, 0.1) is 0 Å². The van der Waals surface area contributed by atoms with E-state index in [9.17, 15) is 35.4 Å². The van der Waals surface area contributed by atoms with Gasteiger partial charge in [-0.25, -0.2) is 0 Å². The monoisotopic (exact) mass is 306 g/mol. The highest BCUT2D eigenvalue weighted by Crippen LogP contribution is 2.29. The SMILES string of the molecule is O=C(/C=C/c1ccc(O)c(O)c1)C1(O)C(O)=CC(O)=CC1O. The average Bonchev–Trinajstić information content (AvgIpc) is 2.45. The quantitative estimate of drug-likeness (QED) is 0.356. The Morgan fingerprint density at radius 1 is 1.14 bits per heavy atom. The number of hydrogen-bond donors (Lipinski definition) is 6. The molecule has 22 heavy (non-hydrogen) atoms. The Morgan fingerprint density at radius 3 is 2.41 bits per heavy atom. The standard InChI is InChI=1S/C15H14O7/c16-9-6-13(20)15(22,14(21)7-9)12(19)4-2-8-1-3-10(17)11(18)5-8/h1-7,13,16-18,20-22H/b4-2+. The van der Waals surface area contributed by atoms with E-state index >= 15 is 0 Å². The van der Waals surface area contributed by atoms with Crippen molar-refractivity contribution in [3.8, 4) is 11.5 Å². The van der Waals surface area contributed by atoms with Crippen molar-refractivity contribution in [2.45, 2.75) is 11.7 Å². The van der Waals surface area contributed by atoms with Crippen LogP contribution in [-0.4, -0.2) is 48.1 Å². The van der Waals surface area contributed by atoms with Gasteiger partial charge in [0.1, 0.15) is 17.6 Å². The predicted octanol–water partition coefficient (Wildman–Crippen LogP) is 0.669. The Labute approximate surface area is 125 Å². The maximum atomic E-state index is 12.1. The van der Waals surface area contributed by atoms with E-state index in [-0.39, 0.29) is 11.5 Å². The number of carbonyl (C=O) groups excluding carboxylic acids is 1. The molecule has 0 bridgehead atoms. The molecular formula is C15H14O7. The molecule has 0 spiro atoms. The van der Waals surface area contributed by atoms with Crippen LogP contribution >= 0.6 is 0 Å². The lowest BCUT2D eigenvalue weighted by atomic mass is 9.85. The van der Waals surface area contributed by atoms with Crippen LogP contribution in [0.5, 0.6) is 11.5 Å². The van der Waals surface area contributed by atoms with Crippen molar-refractivity contribution < 1.29 is 35.4 Å². The summed E-state index contributed by atoms with van der Waals surface area (Å²) in [6.07, 6.45) is 1.87. The number of carbonyl (C=O) groups is 1. The fourth-order valence-corrected chi connectivity index (χ4v) is 1.95. The Balaban J connectivity index is 2.26. The molecule has 116 valence electrons. The van der Waals surface area contributed by atoms with Gasteiger partial charge >= 0.3 is 0 Å². The van der Waals surface area contributed by atoms with Gasteiger partial charge in [0.15, 0.2) is 17.3 Å². The molecule has 1 aromatic carbocycles. The van der Waals surface area contributed by atoms with E-state index in [1.807, 2.05) is 0 Å². The van der Waals surface area contributed by atoms with Crippen LogP contribution in [0.1, 0.15) is 5.56 Å². The largest absolute Gasteiger partial charge is 0.508 e. The van der Waals surface area contributed by atoms with Gasteiger partial charge in [-0.1, -0.05) is 12.1 Å². The maximum absolute atomic E-state index is 12.1. The third-order valence-electron chi connectivity index (χ3n) is 3.23. The summed E-state index contributed by atoms with van der Waals surface area (Å²) in [4.78, 5) is 12.1. The van der Waals surface area contributed by atoms with Crippen molar-refractivity contribution in [3.63, 3.8) is 0 Å². The van der Waals surface area contributed by atoms with Crippen LogP contribution in [0.25, 0.3) is 6.08 Å². The highest BCUT2D eigenvalue weighted by molar-refractivity contribution is 6.02. The molecule has 0 heterocycles. The van der Waals surface area contributed by atoms with E-state index in [2.05, 4.69) is 0 Å². The Morgan fingerprint density at radius 2 is 1.82 bits per heavy atom. The second kappa shape index (κ2) is 5.55. The number of phenolic OH excluding ortho intramolecular Hbond substituents is 2. The van der Waals surface area contributed by atoms with E-state index in [0.29, 0.717) is 5.56 Å². The van der Waals surface area contributed by atoms with E-state index < -0.39 is 29.0 Å². The molecule has 0 radical (unpaired) electrons. The number of phenols is 2. The number of rotatable bonds is 3. The summed E-state index contributed by atoms with van der Waals surface area (Å²) in [6, 6.07) is 3.80. The smallest absolute Gasteiger partial charge is 0.213 e. The van der Waals surface area contributed by atoms with E-state index in [1.165, 1.54) is 24.3 Å². The van der Waals surface area contributed by atoms with Gasteiger partial charge in [-0.3, -0.25) is 4.79 Å². The van der Waals surface area contributed by atoms with Gasteiger partial charge in [-0.2, -0.15) is 0 Å². The molecule has 0 saturated heterocycles. The molecule has 0 aromatic heterocycles. The first-order valence-corrected chi connectivity index (χ1v) is 6.22. The zero-order valence-electron chi connectivity index (χ0n) is 11.2. The first-order chi connectivity index (χ1) is 10.2. The maximum Gasteiger partial charge on any atom is 0.213 e. The number of aliphatic hydroxyl groups is 4. The van der Waals surface area contributed by atoms with Crippen LogP contribution in [0.3, 0.4) is 0 Å². The van der Waals surface area contributed by atoms with E-state index in [1.54, 1.807) is 0 Å². The molecule has 1 aromatic rings. The fraction of sp³-hybridized carbons (Fsp3) is 0.133. The zero-order valence-corrected chi connectivity index (χ0v) is 11.2.